The summed E-state index contributed by atoms with van der Waals surface area (Å²) in [6.07, 6.45) is 3.35. The molecule has 0 heterocycles. The zero-order valence-corrected chi connectivity index (χ0v) is 13.3. The van der Waals surface area contributed by atoms with Crippen molar-refractivity contribution in [1.29, 1.82) is 0 Å². The molecule has 1 aliphatic rings. The molecule has 1 aliphatic carbocycles. The maximum Gasteiger partial charge on any atom is 0.251 e. The Bertz CT molecular complexity index is 605. The van der Waals surface area contributed by atoms with Crippen molar-refractivity contribution < 1.29 is 4.79 Å². The predicted octanol–water partition coefficient (Wildman–Crippen LogP) is 4.20. The van der Waals surface area contributed by atoms with Gasteiger partial charge in [0, 0.05) is 16.1 Å². The van der Waals surface area contributed by atoms with Crippen LogP contribution >= 0.6 is 15.9 Å². The first-order valence-electron chi connectivity index (χ1n) is 7.33. The third kappa shape index (κ3) is 3.94. The van der Waals surface area contributed by atoms with Gasteiger partial charge in [-0.3, -0.25) is 4.79 Å². The molecule has 0 radical (unpaired) electrons. The van der Waals surface area contributed by atoms with E-state index in [-0.39, 0.29) is 11.9 Å². The van der Waals surface area contributed by atoms with Crippen LogP contribution in [0.2, 0.25) is 0 Å². The first-order chi connectivity index (χ1) is 10.2. The summed E-state index contributed by atoms with van der Waals surface area (Å²) in [7, 11) is 0. The molecule has 1 N–H and O–H groups in total. The van der Waals surface area contributed by atoms with Gasteiger partial charge in [-0.25, -0.2) is 0 Å². The minimum Gasteiger partial charge on any atom is -0.349 e. The predicted molar refractivity (Wildman–Crippen MR) is 88.3 cm³/mol. The first-order valence-corrected chi connectivity index (χ1v) is 8.12. The van der Waals surface area contributed by atoms with E-state index in [9.17, 15) is 4.79 Å². The molecule has 3 heteroatoms. The Balaban J connectivity index is 1.67. The number of amides is 1. The summed E-state index contributed by atoms with van der Waals surface area (Å²) in [5.74, 6) is 0.653. The molecular weight excluding hydrogens is 326 g/mol. The van der Waals surface area contributed by atoms with Crippen LogP contribution in [0.3, 0.4) is 0 Å². The fraction of sp³-hybridized carbons (Fsp3) is 0.278. The van der Waals surface area contributed by atoms with E-state index in [1.54, 1.807) is 0 Å². The van der Waals surface area contributed by atoms with E-state index in [1.807, 2.05) is 30.3 Å². The number of carbonyl (C=O) groups excluding carboxylic acids is 1. The van der Waals surface area contributed by atoms with Gasteiger partial charge in [0.2, 0.25) is 0 Å². The first kappa shape index (κ1) is 14.3. The minimum absolute atomic E-state index is 0.0235. The van der Waals surface area contributed by atoms with E-state index in [2.05, 4.69) is 45.5 Å². The Morgan fingerprint density at radius 2 is 1.76 bits per heavy atom. The Kier molecular flexibility index (Phi) is 4.39. The molecule has 0 aromatic heterocycles. The smallest absolute Gasteiger partial charge is 0.251 e. The van der Waals surface area contributed by atoms with Crippen molar-refractivity contribution in [2.45, 2.75) is 25.3 Å². The van der Waals surface area contributed by atoms with Gasteiger partial charge in [0.15, 0.2) is 0 Å². The van der Waals surface area contributed by atoms with Crippen molar-refractivity contribution in [2.75, 3.05) is 0 Å². The van der Waals surface area contributed by atoms with Gasteiger partial charge in [-0.15, -0.1) is 0 Å². The van der Waals surface area contributed by atoms with Crippen molar-refractivity contribution in [2.24, 2.45) is 5.92 Å². The van der Waals surface area contributed by atoms with Gasteiger partial charge in [-0.05, 0) is 55.0 Å². The normalized spacial score (nSPS) is 15.5. The van der Waals surface area contributed by atoms with Crippen LogP contribution in [0.1, 0.15) is 28.8 Å². The van der Waals surface area contributed by atoms with Crippen LogP contribution < -0.4 is 5.32 Å². The third-order valence-electron chi connectivity index (χ3n) is 3.91. The number of rotatable bonds is 5. The molecule has 0 bridgehead atoms. The lowest BCUT2D eigenvalue weighted by atomic mass is 10.0. The second kappa shape index (κ2) is 6.44. The topological polar surface area (TPSA) is 29.1 Å². The summed E-state index contributed by atoms with van der Waals surface area (Å²) in [6.45, 7) is 0. The maximum atomic E-state index is 12.4. The van der Waals surface area contributed by atoms with Crippen molar-refractivity contribution >= 4 is 21.8 Å². The van der Waals surface area contributed by atoms with E-state index in [1.165, 1.54) is 18.4 Å². The molecule has 21 heavy (non-hydrogen) atoms. The number of benzene rings is 2. The lowest BCUT2D eigenvalue weighted by molar-refractivity contribution is 0.0932. The Morgan fingerprint density at radius 1 is 1.10 bits per heavy atom. The van der Waals surface area contributed by atoms with E-state index < -0.39 is 0 Å². The molecule has 2 nitrogen and oxygen atoms in total. The lowest BCUT2D eigenvalue weighted by Crippen LogP contribution is -2.38. The minimum atomic E-state index is 0.0235. The SMILES string of the molecule is O=C(N[C@@H](Cc1ccccc1)C1CC1)c1ccc(Br)cc1. The molecular formula is C18H18BrNO. The number of halogens is 1. The van der Waals surface area contributed by atoms with Gasteiger partial charge >= 0.3 is 0 Å². The number of carbonyl (C=O) groups is 1. The summed E-state index contributed by atoms with van der Waals surface area (Å²) in [5, 5.41) is 3.21. The number of nitrogens with one attached hydrogen (secondary N) is 1. The molecule has 1 fully saturated rings. The van der Waals surface area contributed by atoms with Crippen molar-refractivity contribution in [3.63, 3.8) is 0 Å². The average Bonchev–Trinajstić information content (AvgIpc) is 3.33. The highest BCUT2D eigenvalue weighted by molar-refractivity contribution is 9.10. The highest BCUT2D eigenvalue weighted by Crippen LogP contribution is 2.34. The Hall–Kier alpha value is -1.61. The summed E-state index contributed by atoms with van der Waals surface area (Å²) < 4.78 is 0.988. The van der Waals surface area contributed by atoms with Gasteiger partial charge in [-0.2, -0.15) is 0 Å². The fourth-order valence-corrected chi connectivity index (χ4v) is 2.82. The monoisotopic (exact) mass is 343 g/mol. The quantitative estimate of drug-likeness (QED) is 0.865. The van der Waals surface area contributed by atoms with Crippen LogP contribution in [0.5, 0.6) is 0 Å². The molecule has 2 aromatic rings. The fourth-order valence-electron chi connectivity index (χ4n) is 2.56. The number of hydrogen-bond acceptors (Lipinski definition) is 1. The summed E-state index contributed by atoms with van der Waals surface area (Å²) in [6, 6.07) is 18.1. The maximum absolute atomic E-state index is 12.4. The van der Waals surface area contributed by atoms with Gasteiger partial charge in [-0.1, -0.05) is 46.3 Å². The average molecular weight is 344 g/mol. The van der Waals surface area contributed by atoms with Crippen molar-refractivity contribution in [1.82, 2.24) is 5.32 Å². The lowest BCUT2D eigenvalue weighted by Gasteiger charge is -2.18. The van der Waals surface area contributed by atoms with Crippen molar-refractivity contribution in [3.8, 4) is 0 Å². The Labute approximate surface area is 133 Å². The molecule has 2 aromatic carbocycles. The summed E-state index contributed by atoms with van der Waals surface area (Å²) >= 11 is 3.39. The largest absolute Gasteiger partial charge is 0.349 e. The highest BCUT2D eigenvalue weighted by atomic mass is 79.9. The van der Waals surface area contributed by atoms with Crippen molar-refractivity contribution in [3.05, 3.63) is 70.2 Å². The van der Waals surface area contributed by atoms with E-state index >= 15 is 0 Å². The molecule has 1 amide bonds. The van der Waals surface area contributed by atoms with Crippen LogP contribution in [0, 0.1) is 5.92 Å². The summed E-state index contributed by atoms with van der Waals surface area (Å²) in [5.41, 5.74) is 2.00. The van der Waals surface area contributed by atoms with Crippen LogP contribution in [-0.4, -0.2) is 11.9 Å². The van der Waals surface area contributed by atoms with Gasteiger partial charge in [0.25, 0.3) is 5.91 Å². The second-order valence-corrected chi connectivity index (χ2v) is 6.53. The Morgan fingerprint density at radius 3 is 2.38 bits per heavy atom. The zero-order valence-electron chi connectivity index (χ0n) is 11.8. The van der Waals surface area contributed by atoms with E-state index in [0.717, 1.165) is 16.5 Å². The molecule has 0 spiro atoms. The van der Waals surface area contributed by atoms with Crippen LogP contribution in [-0.2, 0) is 6.42 Å². The third-order valence-corrected chi connectivity index (χ3v) is 4.44. The van der Waals surface area contributed by atoms with Gasteiger partial charge in [0.1, 0.15) is 0 Å². The number of hydrogen-bond donors (Lipinski definition) is 1. The summed E-state index contributed by atoms with van der Waals surface area (Å²) in [4.78, 5) is 12.4. The van der Waals surface area contributed by atoms with Crippen LogP contribution in [0.4, 0.5) is 0 Å². The second-order valence-electron chi connectivity index (χ2n) is 5.61. The molecule has 108 valence electrons. The molecule has 1 atom stereocenters. The van der Waals surface area contributed by atoms with E-state index in [4.69, 9.17) is 0 Å². The van der Waals surface area contributed by atoms with Crippen LogP contribution in [0.15, 0.2) is 59.1 Å². The molecule has 0 aliphatic heterocycles. The molecule has 3 rings (SSSR count). The molecule has 0 saturated heterocycles. The standard InChI is InChI=1S/C18H18BrNO/c19-16-10-8-15(9-11-16)18(21)20-17(14-6-7-14)12-13-4-2-1-3-5-13/h1-5,8-11,14,17H,6-7,12H2,(H,20,21)/t17-/m0/s1. The van der Waals surface area contributed by atoms with Crippen LogP contribution in [0.25, 0.3) is 0 Å². The van der Waals surface area contributed by atoms with Gasteiger partial charge < -0.3 is 5.32 Å². The highest BCUT2D eigenvalue weighted by Gasteiger charge is 2.32. The molecule has 0 unspecified atom stereocenters. The zero-order chi connectivity index (χ0) is 14.7. The molecule has 1 saturated carbocycles. The van der Waals surface area contributed by atoms with Gasteiger partial charge in [0.05, 0.1) is 0 Å². The van der Waals surface area contributed by atoms with E-state index in [0.29, 0.717) is 5.92 Å².